The van der Waals surface area contributed by atoms with Crippen LogP contribution in [0.4, 0.5) is 4.39 Å². The first-order valence-electron chi connectivity index (χ1n) is 4.48. The maximum Gasteiger partial charge on any atom is 0.236 e. The monoisotopic (exact) mass is 230 g/mol. The maximum atomic E-state index is 12.8. The van der Waals surface area contributed by atoms with Crippen LogP contribution in [-0.4, -0.2) is 11.9 Å². The quantitative estimate of drug-likeness (QED) is 0.826. The van der Waals surface area contributed by atoms with E-state index in [9.17, 15) is 9.18 Å². The van der Waals surface area contributed by atoms with Gasteiger partial charge in [-0.2, -0.15) is 0 Å². The average molecular weight is 231 g/mol. The summed E-state index contributed by atoms with van der Waals surface area (Å²) in [7, 11) is 0. The van der Waals surface area contributed by atoms with E-state index in [1.165, 1.54) is 12.1 Å². The van der Waals surface area contributed by atoms with Crippen LogP contribution in [0, 0.1) is 5.82 Å². The molecule has 1 aromatic rings. The molecular formula is C10H12ClFN2O. The molecule has 5 heteroatoms. The van der Waals surface area contributed by atoms with Gasteiger partial charge >= 0.3 is 0 Å². The average Bonchev–Trinajstić information content (AvgIpc) is 2.19. The van der Waals surface area contributed by atoms with Crippen molar-refractivity contribution in [2.24, 2.45) is 5.73 Å². The summed E-state index contributed by atoms with van der Waals surface area (Å²) in [6, 6.07) is 3.73. The molecule has 3 nitrogen and oxygen atoms in total. The van der Waals surface area contributed by atoms with E-state index < -0.39 is 11.9 Å². The fourth-order valence-corrected chi connectivity index (χ4v) is 1.20. The van der Waals surface area contributed by atoms with E-state index in [1.807, 2.05) is 0 Å². The molecule has 1 aromatic carbocycles. The van der Waals surface area contributed by atoms with Crippen molar-refractivity contribution in [2.45, 2.75) is 19.5 Å². The predicted octanol–water partition coefficient (Wildman–Crippen LogP) is 1.44. The zero-order chi connectivity index (χ0) is 11.4. The lowest BCUT2D eigenvalue weighted by atomic mass is 10.2. The smallest absolute Gasteiger partial charge is 0.236 e. The highest BCUT2D eigenvalue weighted by molar-refractivity contribution is 6.30. The van der Waals surface area contributed by atoms with Crippen molar-refractivity contribution in [3.05, 3.63) is 34.6 Å². The van der Waals surface area contributed by atoms with Crippen molar-refractivity contribution >= 4 is 17.5 Å². The number of hydrogen-bond acceptors (Lipinski definition) is 2. The zero-order valence-corrected chi connectivity index (χ0v) is 9.01. The van der Waals surface area contributed by atoms with E-state index in [-0.39, 0.29) is 10.9 Å². The van der Waals surface area contributed by atoms with Crippen molar-refractivity contribution in [1.82, 2.24) is 5.32 Å². The van der Waals surface area contributed by atoms with Gasteiger partial charge in [0.15, 0.2) is 0 Å². The summed E-state index contributed by atoms with van der Waals surface area (Å²) in [5.74, 6) is -0.727. The lowest BCUT2D eigenvalue weighted by Crippen LogP contribution is -2.37. The van der Waals surface area contributed by atoms with E-state index in [0.717, 1.165) is 5.56 Å². The molecule has 0 radical (unpaired) electrons. The molecule has 0 fully saturated rings. The molecule has 0 aliphatic heterocycles. The lowest BCUT2D eigenvalue weighted by molar-refractivity contribution is -0.122. The molecule has 0 aromatic heterocycles. The van der Waals surface area contributed by atoms with E-state index in [4.69, 9.17) is 17.3 Å². The number of rotatable bonds is 3. The SMILES string of the molecule is CC(N)C(=O)NCc1ccc(F)c(Cl)c1. The molecule has 1 rings (SSSR count). The molecule has 0 spiro atoms. The molecular weight excluding hydrogens is 219 g/mol. The van der Waals surface area contributed by atoms with Crippen LogP contribution in [0.2, 0.25) is 5.02 Å². The van der Waals surface area contributed by atoms with Crippen LogP contribution >= 0.6 is 11.6 Å². The number of amides is 1. The molecule has 0 aliphatic rings. The topological polar surface area (TPSA) is 55.1 Å². The number of hydrogen-bond donors (Lipinski definition) is 2. The Morgan fingerprint density at radius 1 is 1.67 bits per heavy atom. The molecule has 1 unspecified atom stereocenters. The molecule has 82 valence electrons. The minimum absolute atomic E-state index is 0.0440. The van der Waals surface area contributed by atoms with Crippen LogP contribution in [0.25, 0.3) is 0 Å². The zero-order valence-electron chi connectivity index (χ0n) is 8.26. The second-order valence-corrected chi connectivity index (χ2v) is 3.66. The molecule has 0 saturated carbocycles. The largest absolute Gasteiger partial charge is 0.351 e. The normalized spacial score (nSPS) is 12.3. The van der Waals surface area contributed by atoms with Crippen molar-refractivity contribution in [1.29, 1.82) is 0 Å². The second-order valence-electron chi connectivity index (χ2n) is 3.25. The number of carbonyl (C=O) groups is 1. The van der Waals surface area contributed by atoms with Crippen molar-refractivity contribution < 1.29 is 9.18 Å². The van der Waals surface area contributed by atoms with E-state index >= 15 is 0 Å². The highest BCUT2D eigenvalue weighted by atomic mass is 35.5. The summed E-state index contributed by atoms with van der Waals surface area (Å²) in [5, 5.41) is 2.64. The van der Waals surface area contributed by atoms with Gasteiger partial charge in [-0.15, -0.1) is 0 Å². The maximum absolute atomic E-state index is 12.8. The summed E-state index contributed by atoms with van der Waals surface area (Å²) in [6.45, 7) is 1.88. The van der Waals surface area contributed by atoms with Crippen LogP contribution in [0.1, 0.15) is 12.5 Å². The number of carbonyl (C=O) groups excluding carboxylic acids is 1. The molecule has 0 saturated heterocycles. The molecule has 0 heterocycles. The van der Waals surface area contributed by atoms with Crippen LogP contribution in [0.3, 0.4) is 0 Å². The van der Waals surface area contributed by atoms with Gasteiger partial charge in [0.25, 0.3) is 0 Å². The van der Waals surface area contributed by atoms with Gasteiger partial charge in [-0.3, -0.25) is 4.79 Å². The number of nitrogens with one attached hydrogen (secondary N) is 1. The fourth-order valence-electron chi connectivity index (χ4n) is 1.000. The molecule has 15 heavy (non-hydrogen) atoms. The van der Waals surface area contributed by atoms with E-state index in [0.29, 0.717) is 6.54 Å². The van der Waals surface area contributed by atoms with Crippen LogP contribution in [-0.2, 0) is 11.3 Å². The number of halogens is 2. The summed E-state index contributed by atoms with van der Waals surface area (Å²) in [6.07, 6.45) is 0. The molecule has 3 N–H and O–H groups in total. The van der Waals surface area contributed by atoms with Gasteiger partial charge in [0, 0.05) is 6.54 Å². The van der Waals surface area contributed by atoms with Crippen LogP contribution in [0.5, 0.6) is 0 Å². The van der Waals surface area contributed by atoms with Crippen molar-refractivity contribution in [3.8, 4) is 0 Å². The molecule has 1 atom stereocenters. The molecule has 1 amide bonds. The summed E-state index contributed by atoms with van der Waals surface area (Å²) in [5.41, 5.74) is 6.09. The Kier molecular flexibility index (Phi) is 4.05. The van der Waals surface area contributed by atoms with Crippen molar-refractivity contribution in [2.75, 3.05) is 0 Å². The van der Waals surface area contributed by atoms with Crippen LogP contribution in [0.15, 0.2) is 18.2 Å². The number of nitrogens with two attached hydrogens (primary N) is 1. The fraction of sp³-hybridized carbons (Fsp3) is 0.300. The highest BCUT2D eigenvalue weighted by Gasteiger charge is 2.07. The van der Waals surface area contributed by atoms with Crippen LogP contribution < -0.4 is 11.1 Å². The third kappa shape index (κ3) is 3.49. The Morgan fingerprint density at radius 3 is 2.87 bits per heavy atom. The summed E-state index contributed by atoms with van der Waals surface area (Å²) < 4.78 is 12.8. The first-order valence-corrected chi connectivity index (χ1v) is 4.85. The Balaban J connectivity index is 2.58. The van der Waals surface area contributed by atoms with E-state index in [2.05, 4.69) is 5.32 Å². The summed E-state index contributed by atoms with van der Waals surface area (Å²) in [4.78, 5) is 11.1. The van der Waals surface area contributed by atoms with Gasteiger partial charge < -0.3 is 11.1 Å². The molecule has 0 aliphatic carbocycles. The molecule has 0 bridgehead atoms. The third-order valence-electron chi connectivity index (χ3n) is 1.86. The Morgan fingerprint density at radius 2 is 2.33 bits per heavy atom. The minimum atomic E-state index is -0.555. The first kappa shape index (κ1) is 11.9. The van der Waals surface area contributed by atoms with Crippen molar-refractivity contribution in [3.63, 3.8) is 0 Å². The first-order chi connectivity index (χ1) is 7.00. The minimum Gasteiger partial charge on any atom is -0.351 e. The third-order valence-corrected chi connectivity index (χ3v) is 2.15. The standard InChI is InChI=1S/C10H12ClFN2O/c1-6(13)10(15)14-5-7-2-3-9(12)8(11)4-7/h2-4,6H,5,13H2,1H3,(H,14,15). The Labute approximate surface area is 92.4 Å². The van der Waals surface area contributed by atoms with Gasteiger partial charge in [-0.05, 0) is 24.6 Å². The second kappa shape index (κ2) is 5.09. The highest BCUT2D eigenvalue weighted by Crippen LogP contribution is 2.15. The van der Waals surface area contributed by atoms with E-state index in [1.54, 1.807) is 13.0 Å². The van der Waals surface area contributed by atoms with Gasteiger partial charge in [-0.25, -0.2) is 4.39 Å². The van der Waals surface area contributed by atoms with Gasteiger partial charge in [0.05, 0.1) is 11.1 Å². The lowest BCUT2D eigenvalue weighted by Gasteiger charge is -2.07. The number of benzene rings is 1. The van der Waals surface area contributed by atoms with Gasteiger partial charge in [0.2, 0.25) is 5.91 Å². The van der Waals surface area contributed by atoms with Gasteiger partial charge in [-0.1, -0.05) is 17.7 Å². The summed E-state index contributed by atoms with van der Waals surface area (Å²) >= 11 is 5.58. The predicted molar refractivity (Wildman–Crippen MR) is 56.9 cm³/mol. The Hall–Kier alpha value is -1.13. The van der Waals surface area contributed by atoms with Gasteiger partial charge in [0.1, 0.15) is 5.82 Å². The Bertz CT molecular complexity index is 368.